The van der Waals surface area contributed by atoms with E-state index >= 15 is 0 Å². The van der Waals surface area contributed by atoms with Gasteiger partial charge in [0.1, 0.15) is 22.5 Å². The molecule has 1 heterocycles. The van der Waals surface area contributed by atoms with Crippen molar-refractivity contribution in [2.24, 2.45) is 0 Å². The van der Waals surface area contributed by atoms with Gasteiger partial charge in [0.25, 0.3) is 0 Å². The summed E-state index contributed by atoms with van der Waals surface area (Å²) in [6.45, 7) is 3.90. The Bertz CT molecular complexity index is 632. The van der Waals surface area contributed by atoms with Gasteiger partial charge in [0.05, 0.1) is 12.8 Å². The number of hydrogen-bond donors (Lipinski definition) is 1. The largest absolute Gasteiger partial charge is 0.495 e. The zero-order valence-corrected chi connectivity index (χ0v) is 13.0. The van der Waals surface area contributed by atoms with Gasteiger partial charge in [0.15, 0.2) is 0 Å². The van der Waals surface area contributed by atoms with Gasteiger partial charge < -0.3 is 10.1 Å². The first-order valence-corrected chi connectivity index (χ1v) is 6.93. The molecule has 0 radical (unpaired) electrons. The summed E-state index contributed by atoms with van der Waals surface area (Å²) in [4.78, 5) is 8.51. The van der Waals surface area contributed by atoms with E-state index in [0.717, 1.165) is 11.3 Å². The number of rotatable bonds is 4. The Labute approximate surface area is 128 Å². The molecule has 0 fully saturated rings. The maximum Gasteiger partial charge on any atom is 0.143 e. The molecule has 0 atom stereocenters. The molecule has 2 aromatic rings. The van der Waals surface area contributed by atoms with E-state index in [1.54, 1.807) is 19.2 Å². The highest BCUT2D eigenvalue weighted by atomic mass is 35.5. The van der Waals surface area contributed by atoms with Crippen molar-refractivity contribution in [1.29, 1.82) is 0 Å². The van der Waals surface area contributed by atoms with Crippen LogP contribution in [0.3, 0.4) is 0 Å². The van der Waals surface area contributed by atoms with Gasteiger partial charge in [0, 0.05) is 23.6 Å². The monoisotopic (exact) mass is 311 g/mol. The summed E-state index contributed by atoms with van der Waals surface area (Å²) in [5.74, 6) is 1.96. The van der Waals surface area contributed by atoms with Crippen LogP contribution in [0.1, 0.15) is 18.3 Å². The van der Waals surface area contributed by atoms with Gasteiger partial charge in [0.2, 0.25) is 0 Å². The third-order valence-corrected chi connectivity index (χ3v) is 3.40. The van der Waals surface area contributed by atoms with Gasteiger partial charge in [-0.3, -0.25) is 0 Å². The number of benzene rings is 1. The summed E-state index contributed by atoms with van der Waals surface area (Å²) < 4.78 is 5.32. The van der Waals surface area contributed by atoms with E-state index < -0.39 is 0 Å². The zero-order valence-electron chi connectivity index (χ0n) is 11.5. The minimum absolute atomic E-state index is 0.406. The molecule has 0 spiro atoms. The van der Waals surface area contributed by atoms with Crippen LogP contribution in [0.4, 0.5) is 11.5 Å². The van der Waals surface area contributed by atoms with Crippen molar-refractivity contribution in [3.8, 4) is 5.75 Å². The third kappa shape index (κ3) is 3.32. The Balaban J connectivity index is 2.39. The second-order valence-electron chi connectivity index (χ2n) is 4.27. The number of halogens is 2. The molecule has 6 heteroatoms. The van der Waals surface area contributed by atoms with Crippen LogP contribution in [0, 0.1) is 6.92 Å². The SMILES string of the molecule is CCc1nc(Cl)cc(Nc2cc(C)c(Cl)cc2OC)n1. The Morgan fingerprint density at radius 3 is 2.60 bits per heavy atom. The lowest BCUT2D eigenvalue weighted by molar-refractivity contribution is 0.416. The minimum Gasteiger partial charge on any atom is -0.495 e. The molecule has 0 bridgehead atoms. The number of aromatic nitrogens is 2. The lowest BCUT2D eigenvalue weighted by Gasteiger charge is -2.13. The van der Waals surface area contributed by atoms with Crippen LogP contribution in [-0.2, 0) is 6.42 Å². The Morgan fingerprint density at radius 1 is 1.20 bits per heavy atom. The number of ether oxygens (including phenoxy) is 1. The standard InChI is InChI=1S/C14H15Cl2N3O/c1-4-13-18-12(16)7-14(19-13)17-10-5-8(2)9(15)6-11(10)20-3/h5-7H,4H2,1-3H3,(H,17,18,19). The van der Waals surface area contributed by atoms with Crippen LogP contribution in [0.2, 0.25) is 10.2 Å². The molecule has 1 N–H and O–H groups in total. The van der Waals surface area contributed by atoms with Gasteiger partial charge in [-0.1, -0.05) is 30.1 Å². The molecule has 106 valence electrons. The summed E-state index contributed by atoms with van der Waals surface area (Å²) in [5, 5.41) is 4.25. The first-order chi connectivity index (χ1) is 9.53. The summed E-state index contributed by atoms with van der Waals surface area (Å²) in [6, 6.07) is 5.34. The number of nitrogens with one attached hydrogen (secondary N) is 1. The normalized spacial score (nSPS) is 10.4. The zero-order chi connectivity index (χ0) is 14.7. The molecular formula is C14H15Cl2N3O. The van der Waals surface area contributed by atoms with Crippen LogP contribution >= 0.6 is 23.2 Å². The van der Waals surface area contributed by atoms with Crippen molar-refractivity contribution in [2.45, 2.75) is 20.3 Å². The average molecular weight is 312 g/mol. The number of anilines is 2. The Kier molecular flexibility index (Phi) is 4.68. The van der Waals surface area contributed by atoms with Crippen LogP contribution in [-0.4, -0.2) is 17.1 Å². The quantitative estimate of drug-likeness (QED) is 0.850. The minimum atomic E-state index is 0.406. The van der Waals surface area contributed by atoms with Crippen molar-refractivity contribution < 1.29 is 4.74 Å². The first-order valence-electron chi connectivity index (χ1n) is 6.18. The molecule has 0 saturated heterocycles. The fourth-order valence-electron chi connectivity index (χ4n) is 1.75. The molecule has 2 rings (SSSR count). The highest BCUT2D eigenvalue weighted by Gasteiger charge is 2.09. The second-order valence-corrected chi connectivity index (χ2v) is 5.07. The summed E-state index contributed by atoms with van der Waals surface area (Å²) in [5.41, 5.74) is 1.73. The predicted octanol–water partition coefficient (Wildman–Crippen LogP) is 4.41. The second kappa shape index (κ2) is 6.29. The van der Waals surface area contributed by atoms with Crippen LogP contribution in [0.25, 0.3) is 0 Å². The van der Waals surface area contributed by atoms with Gasteiger partial charge >= 0.3 is 0 Å². The van der Waals surface area contributed by atoms with Gasteiger partial charge in [-0.05, 0) is 18.6 Å². The molecule has 1 aromatic carbocycles. The van der Waals surface area contributed by atoms with Crippen molar-refractivity contribution in [3.63, 3.8) is 0 Å². The number of nitrogens with zero attached hydrogens (tertiary/aromatic N) is 2. The molecule has 0 unspecified atom stereocenters. The molecule has 0 aliphatic heterocycles. The summed E-state index contributed by atoms with van der Waals surface area (Å²) in [6.07, 6.45) is 0.714. The Morgan fingerprint density at radius 2 is 1.95 bits per heavy atom. The number of aryl methyl sites for hydroxylation is 2. The molecule has 20 heavy (non-hydrogen) atoms. The molecule has 4 nitrogen and oxygen atoms in total. The lowest BCUT2D eigenvalue weighted by Crippen LogP contribution is -2.01. The number of methoxy groups -OCH3 is 1. The van der Waals surface area contributed by atoms with E-state index in [0.29, 0.717) is 34.0 Å². The Hall–Kier alpha value is -1.52. The first kappa shape index (κ1) is 14.9. The van der Waals surface area contributed by atoms with Crippen molar-refractivity contribution in [1.82, 2.24) is 9.97 Å². The third-order valence-electron chi connectivity index (χ3n) is 2.80. The number of hydrogen-bond acceptors (Lipinski definition) is 4. The topological polar surface area (TPSA) is 47.0 Å². The van der Waals surface area contributed by atoms with E-state index in [4.69, 9.17) is 27.9 Å². The highest BCUT2D eigenvalue weighted by molar-refractivity contribution is 6.31. The van der Waals surface area contributed by atoms with E-state index in [9.17, 15) is 0 Å². The maximum absolute atomic E-state index is 6.09. The van der Waals surface area contributed by atoms with Crippen molar-refractivity contribution in [3.05, 3.63) is 39.8 Å². The van der Waals surface area contributed by atoms with E-state index in [1.807, 2.05) is 19.9 Å². The average Bonchev–Trinajstić information content (AvgIpc) is 2.42. The van der Waals surface area contributed by atoms with Crippen molar-refractivity contribution in [2.75, 3.05) is 12.4 Å². The van der Waals surface area contributed by atoms with Crippen LogP contribution in [0.15, 0.2) is 18.2 Å². The van der Waals surface area contributed by atoms with Crippen LogP contribution in [0.5, 0.6) is 5.75 Å². The summed E-state index contributed by atoms with van der Waals surface area (Å²) >= 11 is 12.1. The maximum atomic E-state index is 6.09. The van der Waals surface area contributed by atoms with Gasteiger partial charge in [-0.25, -0.2) is 9.97 Å². The molecule has 0 aliphatic rings. The van der Waals surface area contributed by atoms with E-state index in [2.05, 4.69) is 15.3 Å². The molecule has 0 amide bonds. The molecule has 0 saturated carbocycles. The lowest BCUT2D eigenvalue weighted by atomic mass is 10.2. The fraction of sp³-hybridized carbons (Fsp3) is 0.286. The van der Waals surface area contributed by atoms with Crippen LogP contribution < -0.4 is 10.1 Å². The van der Waals surface area contributed by atoms with Gasteiger partial charge in [-0.2, -0.15) is 0 Å². The van der Waals surface area contributed by atoms with E-state index in [1.165, 1.54) is 0 Å². The highest BCUT2D eigenvalue weighted by Crippen LogP contribution is 2.32. The predicted molar refractivity (Wildman–Crippen MR) is 82.4 cm³/mol. The van der Waals surface area contributed by atoms with E-state index in [-0.39, 0.29) is 0 Å². The molecule has 1 aromatic heterocycles. The molecular weight excluding hydrogens is 297 g/mol. The molecule has 0 aliphatic carbocycles. The summed E-state index contributed by atoms with van der Waals surface area (Å²) in [7, 11) is 1.59. The fourth-order valence-corrected chi connectivity index (χ4v) is 2.11. The smallest absolute Gasteiger partial charge is 0.143 e. The van der Waals surface area contributed by atoms with Crippen molar-refractivity contribution >= 4 is 34.7 Å². The van der Waals surface area contributed by atoms with Gasteiger partial charge in [-0.15, -0.1) is 0 Å².